The summed E-state index contributed by atoms with van der Waals surface area (Å²) in [7, 11) is 0. The molecule has 2 rings (SSSR count). The van der Waals surface area contributed by atoms with Crippen LogP contribution in [0, 0.1) is 0 Å². The summed E-state index contributed by atoms with van der Waals surface area (Å²) in [6.07, 6.45) is -0.395. The van der Waals surface area contributed by atoms with Crippen molar-refractivity contribution in [2.24, 2.45) is 0 Å². The zero-order valence-corrected chi connectivity index (χ0v) is 14.4. The number of carbonyl (C=O) groups excluding carboxylic acids is 2. The second-order valence-electron chi connectivity index (χ2n) is 5.96. The highest BCUT2D eigenvalue weighted by atomic mass is 16.4. The van der Waals surface area contributed by atoms with Crippen molar-refractivity contribution >= 4 is 23.6 Å². The molecule has 0 heterocycles. The molecule has 0 saturated heterocycles. The van der Waals surface area contributed by atoms with E-state index in [4.69, 9.17) is 10.2 Å². The third-order valence-corrected chi connectivity index (χ3v) is 3.96. The van der Waals surface area contributed by atoms with Gasteiger partial charge in [0.05, 0.1) is 18.0 Å². The summed E-state index contributed by atoms with van der Waals surface area (Å²) >= 11 is 0. The largest absolute Gasteiger partial charge is 0.481 e. The van der Waals surface area contributed by atoms with Gasteiger partial charge in [0.1, 0.15) is 0 Å². The Labute approximate surface area is 155 Å². The molecule has 0 unspecified atom stereocenters. The van der Waals surface area contributed by atoms with Gasteiger partial charge in [-0.3, -0.25) is 14.4 Å². The summed E-state index contributed by atoms with van der Waals surface area (Å²) in [5, 5.41) is 20.4. The van der Waals surface area contributed by atoms with Crippen LogP contribution in [-0.2, 0) is 16.0 Å². The van der Waals surface area contributed by atoms with E-state index in [2.05, 4.69) is 5.32 Å². The predicted molar refractivity (Wildman–Crippen MR) is 96.7 cm³/mol. The Morgan fingerprint density at radius 2 is 1.44 bits per heavy atom. The van der Waals surface area contributed by atoms with Gasteiger partial charge in [-0.2, -0.15) is 0 Å². The Bertz CT molecular complexity index is 829. The predicted octanol–water partition coefficient (Wildman–Crippen LogP) is 2.16. The number of rotatable bonds is 9. The second kappa shape index (κ2) is 9.28. The number of nitrogens with one attached hydrogen (secondary N) is 1. The Morgan fingerprint density at radius 3 is 2.00 bits per heavy atom. The number of amides is 1. The first-order valence-corrected chi connectivity index (χ1v) is 8.29. The molecule has 140 valence electrons. The number of hydrogen-bond donors (Lipinski definition) is 3. The molecule has 7 heteroatoms. The van der Waals surface area contributed by atoms with Crippen LogP contribution in [0.1, 0.15) is 39.1 Å². The van der Waals surface area contributed by atoms with Gasteiger partial charge in [0.15, 0.2) is 5.78 Å². The molecule has 27 heavy (non-hydrogen) atoms. The quantitative estimate of drug-likeness (QED) is 0.623. The van der Waals surface area contributed by atoms with Crippen LogP contribution < -0.4 is 5.32 Å². The zero-order chi connectivity index (χ0) is 19.8. The highest BCUT2D eigenvalue weighted by Gasteiger charge is 2.22. The molecule has 0 spiro atoms. The van der Waals surface area contributed by atoms with E-state index in [1.807, 2.05) is 0 Å². The second-order valence-corrected chi connectivity index (χ2v) is 5.96. The molecule has 2 aromatic carbocycles. The number of aliphatic carboxylic acids is 1. The zero-order valence-electron chi connectivity index (χ0n) is 14.4. The molecule has 0 fully saturated rings. The first-order chi connectivity index (χ1) is 12.9. The third-order valence-electron chi connectivity index (χ3n) is 3.96. The standard InChI is InChI=1S/C20H19NO6/c22-17(10-11-18(23)24)16(21-19(25)14-4-2-1-3-5-14)12-13-6-8-15(9-7-13)20(26)27/h1-9,16H,10-12H2,(H,21,25)(H,23,24)(H,26,27)/t16-/m0/s1. The van der Waals surface area contributed by atoms with Crippen molar-refractivity contribution in [1.29, 1.82) is 0 Å². The summed E-state index contributed by atoms with van der Waals surface area (Å²) < 4.78 is 0. The summed E-state index contributed by atoms with van der Waals surface area (Å²) in [4.78, 5) is 46.5. The molecule has 0 saturated carbocycles. The van der Waals surface area contributed by atoms with Gasteiger partial charge < -0.3 is 15.5 Å². The van der Waals surface area contributed by atoms with Gasteiger partial charge in [-0.25, -0.2) is 4.79 Å². The van der Waals surface area contributed by atoms with E-state index in [1.165, 1.54) is 12.1 Å². The van der Waals surface area contributed by atoms with Crippen molar-refractivity contribution in [1.82, 2.24) is 5.32 Å². The minimum atomic E-state index is -1.10. The smallest absolute Gasteiger partial charge is 0.335 e. The van der Waals surface area contributed by atoms with E-state index in [-0.39, 0.29) is 24.8 Å². The molecule has 2 aromatic rings. The molecule has 1 atom stereocenters. The van der Waals surface area contributed by atoms with Gasteiger partial charge in [-0.05, 0) is 36.2 Å². The fraction of sp³-hybridized carbons (Fsp3) is 0.200. The maximum Gasteiger partial charge on any atom is 0.335 e. The number of carboxylic acids is 2. The number of aromatic carboxylic acids is 1. The molecule has 3 N–H and O–H groups in total. The van der Waals surface area contributed by atoms with E-state index in [0.717, 1.165) is 0 Å². The molecule has 0 aliphatic carbocycles. The van der Waals surface area contributed by atoms with Gasteiger partial charge in [-0.15, -0.1) is 0 Å². The van der Waals surface area contributed by atoms with E-state index in [0.29, 0.717) is 11.1 Å². The molecule has 1 amide bonds. The van der Waals surface area contributed by atoms with E-state index < -0.39 is 29.7 Å². The Balaban J connectivity index is 2.15. The highest BCUT2D eigenvalue weighted by Crippen LogP contribution is 2.11. The summed E-state index contributed by atoms with van der Waals surface area (Å²) in [5.41, 5.74) is 1.15. The molecule has 7 nitrogen and oxygen atoms in total. The number of benzene rings is 2. The molecule has 0 aliphatic rings. The molecule has 0 bridgehead atoms. The summed E-state index contributed by atoms with van der Waals surface area (Å²) in [6.45, 7) is 0. The van der Waals surface area contributed by atoms with E-state index in [1.54, 1.807) is 42.5 Å². The maximum atomic E-state index is 12.4. The van der Waals surface area contributed by atoms with Crippen LogP contribution in [0.2, 0.25) is 0 Å². The molecule has 0 aromatic heterocycles. The highest BCUT2D eigenvalue weighted by molar-refractivity contribution is 5.98. The summed E-state index contributed by atoms with van der Waals surface area (Å²) in [5.74, 6) is -2.99. The Kier molecular flexibility index (Phi) is 6.82. The number of Topliss-reactive ketones (excluding diaryl/α,β-unsaturated/α-hetero) is 1. The van der Waals surface area contributed by atoms with Gasteiger partial charge >= 0.3 is 11.9 Å². The van der Waals surface area contributed by atoms with Gasteiger partial charge in [0, 0.05) is 12.0 Å². The molecule has 0 aliphatic heterocycles. The van der Waals surface area contributed by atoms with Crippen LogP contribution in [0.5, 0.6) is 0 Å². The van der Waals surface area contributed by atoms with Crippen LogP contribution >= 0.6 is 0 Å². The van der Waals surface area contributed by atoms with Crippen LogP contribution in [0.4, 0.5) is 0 Å². The van der Waals surface area contributed by atoms with E-state index in [9.17, 15) is 19.2 Å². The minimum Gasteiger partial charge on any atom is -0.481 e. The number of carbonyl (C=O) groups is 4. The van der Waals surface area contributed by atoms with Crippen molar-refractivity contribution in [3.63, 3.8) is 0 Å². The maximum absolute atomic E-state index is 12.4. The Hall–Kier alpha value is -3.48. The van der Waals surface area contributed by atoms with Crippen LogP contribution in [0.15, 0.2) is 54.6 Å². The van der Waals surface area contributed by atoms with Crippen LogP contribution in [-0.4, -0.2) is 39.9 Å². The van der Waals surface area contributed by atoms with Gasteiger partial charge in [0.2, 0.25) is 0 Å². The SMILES string of the molecule is O=C(O)CCC(=O)[C@H](Cc1ccc(C(=O)O)cc1)NC(=O)c1ccccc1. The normalized spacial score (nSPS) is 11.4. The lowest BCUT2D eigenvalue weighted by molar-refractivity contribution is -0.138. The van der Waals surface area contributed by atoms with E-state index >= 15 is 0 Å². The minimum absolute atomic E-state index is 0.112. The third kappa shape index (κ3) is 6.07. The number of carboxylic acid groups (broad SMARTS) is 2. The first-order valence-electron chi connectivity index (χ1n) is 8.29. The van der Waals surface area contributed by atoms with Crippen LogP contribution in [0.25, 0.3) is 0 Å². The van der Waals surface area contributed by atoms with Gasteiger partial charge in [-0.1, -0.05) is 30.3 Å². The average Bonchev–Trinajstić information content (AvgIpc) is 2.66. The molecule has 0 radical (unpaired) electrons. The van der Waals surface area contributed by atoms with Crippen molar-refractivity contribution in [2.45, 2.75) is 25.3 Å². The fourth-order valence-corrected chi connectivity index (χ4v) is 2.50. The molecular formula is C20H19NO6. The topological polar surface area (TPSA) is 121 Å². The van der Waals surface area contributed by atoms with Crippen molar-refractivity contribution in [2.75, 3.05) is 0 Å². The average molecular weight is 369 g/mol. The van der Waals surface area contributed by atoms with Crippen molar-refractivity contribution in [3.8, 4) is 0 Å². The van der Waals surface area contributed by atoms with Gasteiger partial charge in [0.25, 0.3) is 5.91 Å². The Morgan fingerprint density at radius 1 is 0.815 bits per heavy atom. The lowest BCUT2D eigenvalue weighted by Gasteiger charge is -2.18. The lowest BCUT2D eigenvalue weighted by atomic mass is 9.98. The lowest BCUT2D eigenvalue weighted by Crippen LogP contribution is -2.42. The first kappa shape index (κ1) is 19.8. The fourth-order valence-electron chi connectivity index (χ4n) is 2.50. The summed E-state index contributed by atoms with van der Waals surface area (Å²) in [6, 6.07) is 13.4. The van der Waals surface area contributed by atoms with Crippen LogP contribution in [0.3, 0.4) is 0 Å². The number of ketones is 1. The monoisotopic (exact) mass is 369 g/mol. The number of hydrogen-bond acceptors (Lipinski definition) is 4. The van der Waals surface area contributed by atoms with Crippen molar-refractivity contribution < 1.29 is 29.4 Å². The van der Waals surface area contributed by atoms with Crippen molar-refractivity contribution in [3.05, 3.63) is 71.3 Å². The molecular weight excluding hydrogens is 350 g/mol.